The highest BCUT2D eigenvalue weighted by Crippen LogP contribution is 2.32. The molecule has 3 heterocycles. The van der Waals surface area contributed by atoms with E-state index in [9.17, 15) is 28.8 Å². The smallest absolute Gasteiger partial charge is 0.358 e. The van der Waals surface area contributed by atoms with Crippen LogP contribution < -0.4 is 20.2 Å². The molecule has 2 unspecified atom stereocenters. The minimum absolute atomic E-state index is 0.0534. The van der Waals surface area contributed by atoms with Gasteiger partial charge in [-0.15, -0.1) is 0 Å². The van der Waals surface area contributed by atoms with Crippen molar-refractivity contribution in [2.24, 2.45) is 0 Å². The zero-order valence-electron chi connectivity index (χ0n) is 19.7. The number of benzene rings is 1. The molecule has 5 amide bonds. The lowest BCUT2D eigenvalue weighted by atomic mass is 10.1. The number of ketones is 1. The fourth-order valence-electron chi connectivity index (χ4n) is 4.36. The number of carbonyl (C=O) groups excluding carboxylic acids is 6. The highest BCUT2D eigenvalue weighted by Gasteiger charge is 2.44. The largest absolute Gasteiger partial charge is 0.454 e. The fourth-order valence-corrected chi connectivity index (χ4v) is 4.36. The molecule has 0 aliphatic carbocycles. The molecule has 1 aromatic carbocycles. The highest BCUT2D eigenvalue weighted by molar-refractivity contribution is 5.93. The van der Waals surface area contributed by atoms with Crippen molar-refractivity contribution in [3.63, 3.8) is 0 Å². The van der Waals surface area contributed by atoms with Gasteiger partial charge >= 0.3 is 6.03 Å². The van der Waals surface area contributed by atoms with Crippen LogP contribution in [0.15, 0.2) is 18.2 Å². The molecule has 2 fully saturated rings. The summed E-state index contributed by atoms with van der Waals surface area (Å²) in [4.78, 5) is 74.6. The number of urea groups is 1. The van der Waals surface area contributed by atoms with Crippen LogP contribution in [0.4, 0.5) is 4.79 Å². The number of aldehydes is 1. The number of nitrogens with zero attached hydrogens (tertiary/aromatic N) is 3. The second-order valence-corrected chi connectivity index (χ2v) is 8.76. The number of amides is 5. The maximum Gasteiger partial charge on any atom is 0.358 e. The van der Waals surface area contributed by atoms with Crippen molar-refractivity contribution < 1.29 is 38.2 Å². The van der Waals surface area contributed by atoms with Crippen LogP contribution >= 0.6 is 0 Å². The molecule has 0 spiro atoms. The Bertz CT molecular complexity index is 1090. The predicted molar refractivity (Wildman–Crippen MR) is 121 cm³/mol. The zero-order valence-corrected chi connectivity index (χ0v) is 19.7. The summed E-state index contributed by atoms with van der Waals surface area (Å²) in [5, 5.41) is 5.74. The van der Waals surface area contributed by atoms with Crippen LogP contribution in [-0.4, -0.2) is 82.8 Å². The Kier molecular flexibility index (Phi) is 7.36. The van der Waals surface area contributed by atoms with Crippen LogP contribution in [0, 0.1) is 0 Å². The number of hydrogen-bond donors (Lipinski definition) is 2. The summed E-state index contributed by atoms with van der Waals surface area (Å²) in [7, 11) is 0. The standard InChI is InChI=1S/C23H27N5O8/c1-14(30)9-16(12-29)24-22(33)17-3-2-7-27-21(32)6-8-26(23(34)28(17)27)25-20(31)11-15-4-5-18-19(10-15)36-13-35-18/h4-5,10,12,16-17H,2-3,6-9,11,13H2,1H3,(H,24,33)(H,25,31). The highest BCUT2D eigenvalue weighted by atomic mass is 16.7. The summed E-state index contributed by atoms with van der Waals surface area (Å²) in [6.07, 6.45) is 0.864. The van der Waals surface area contributed by atoms with Gasteiger partial charge in [0, 0.05) is 19.4 Å². The van der Waals surface area contributed by atoms with Gasteiger partial charge in [-0.25, -0.2) is 19.8 Å². The molecule has 1 aromatic rings. The van der Waals surface area contributed by atoms with Crippen molar-refractivity contribution in [1.29, 1.82) is 0 Å². The summed E-state index contributed by atoms with van der Waals surface area (Å²) in [5.41, 5.74) is 3.17. The molecular weight excluding hydrogens is 474 g/mol. The third kappa shape index (κ3) is 5.39. The first kappa shape index (κ1) is 24.9. The van der Waals surface area contributed by atoms with Gasteiger partial charge in [0.2, 0.25) is 24.5 Å². The van der Waals surface area contributed by atoms with Gasteiger partial charge in [-0.3, -0.25) is 24.6 Å². The number of hydrogen-bond acceptors (Lipinski definition) is 8. The van der Waals surface area contributed by atoms with Crippen molar-refractivity contribution in [1.82, 2.24) is 25.8 Å². The van der Waals surface area contributed by atoms with E-state index in [2.05, 4.69) is 10.7 Å². The first-order valence-corrected chi connectivity index (χ1v) is 11.6. The monoisotopic (exact) mass is 501 g/mol. The number of nitrogens with one attached hydrogen (secondary N) is 2. The molecule has 0 aromatic heterocycles. The topological polar surface area (TPSA) is 155 Å². The molecule has 0 radical (unpaired) electrons. The summed E-state index contributed by atoms with van der Waals surface area (Å²) >= 11 is 0. The van der Waals surface area contributed by atoms with Gasteiger partial charge in [0.25, 0.3) is 0 Å². The second kappa shape index (κ2) is 10.6. The number of carbonyl (C=O) groups is 6. The molecule has 2 saturated heterocycles. The Hall–Kier alpha value is -4.16. The molecule has 3 aliphatic heterocycles. The van der Waals surface area contributed by atoms with Crippen molar-refractivity contribution in [2.75, 3.05) is 19.9 Å². The van der Waals surface area contributed by atoms with Crippen LogP contribution in [-0.2, 0) is 30.4 Å². The second-order valence-electron chi connectivity index (χ2n) is 8.76. The molecule has 13 nitrogen and oxygen atoms in total. The first-order valence-electron chi connectivity index (χ1n) is 11.6. The van der Waals surface area contributed by atoms with E-state index in [1.807, 2.05) is 0 Å². The maximum atomic E-state index is 13.4. The van der Waals surface area contributed by atoms with Gasteiger partial charge < -0.3 is 19.6 Å². The Balaban J connectivity index is 1.47. The van der Waals surface area contributed by atoms with E-state index in [-0.39, 0.29) is 57.3 Å². The number of hydrazine groups is 2. The molecule has 2 N–H and O–H groups in total. The molecule has 0 bridgehead atoms. The molecular formula is C23H27N5O8. The van der Waals surface area contributed by atoms with Crippen LogP contribution in [0.1, 0.15) is 38.2 Å². The normalized spacial score (nSPS) is 19.8. The van der Waals surface area contributed by atoms with Crippen LogP contribution in [0.3, 0.4) is 0 Å². The number of rotatable bonds is 8. The zero-order chi connectivity index (χ0) is 25.8. The van der Waals surface area contributed by atoms with E-state index >= 15 is 0 Å². The first-order chi connectivity index (χ1) is 17.3. The molecule has 36 heavy (non-hydrogen) atoms. The lowest BCUT2D eigenvalue weighted by Crippen LogP contribution is -2.64. The molecule has 2 atom stereocenters. The SMILES string of the molecule is CC(=O)CC(C=O)NC(=O)C1CCCN2C(=O)CCN(NC(=O)Cc3ccc4c(c3)OCO4)C(=O)N12. The van der Waals surface area contributed by atoms with E-state index in [4.69, 9.17) is 9.47 Å². The van der Waals surface area contributed by atoms with Crippen molar-refractivity contribution in [2.45, 2.75) is 51.1 Å². The van der Waals surface area contributed by atoms with E-state index in [0.717, 1.165) is 10.0 Å². The van der Waals surface area contributed by atoms with E-state index in [1.54, 1.807) is 18.2 Å². The Labute approximate surface area is 206 Å². The fraction of sp³-hybridized carbons (Fsp3) is 0.478. The molecule has 13 heteroatoms. The van der Waals surface area contributed by atoms with E-state index in [1.165, 1.54) is 11.9 Å². The molecule has 192 valence electrons. The van der Waals surface area contributed by atoms with E-state index < -0.39 is 29.9 Å². The summed E-state index contributed by atoms with van der Waals surface area (Å²) in [6, 6.07) is 2.20. The minimum Gasteiger partial charge on any atom is -0.454 e. The molecule has 3 aliphatic rings. The van der Waals surface area contributed by atoms with Gasteiger partial charge in [-0.05, 0) is 37.5 Å². The van der Waals surface area contributed by atoms with Crippen molar-refractivity contribution >= 4 is 35.8 Å². The Morgan fingerprint density at radius 1 is 1.17 bits per heavy atom. The van der Waals surface area contributed by atoms with Gasteiger partial charge in [-0.1, -0.05) is 6.07 Å². The van der Waals surface area contributed by atoms with Gasteiger partial charge in [0.1, 0.15) is 18.1 Å². The average Bonchev–Trinajstić information content (AvgIpc) is 3.28. The number of Topliss-reactive ketones (excluding diaryl/α,β-unsaturated/α-hetero) is 1. The summed E-state index contributed by atoms with van der Waals surface area (Å²) < 4.78 is 10.6. The van der Waals surface area contributed by atoms with Crippen LogP contribution in [0.5, 0.6) is 11.5 Å². The molecule has 0 saturated carbocycles. The minimum atomic E-state index is -1.09. The van der Waals surface area contributed by atoms with Gasteiger partial charge in [-0.2, -0.15) is 0 Å². The third-order valence-electron chi connectivity index (χ3n) is 6.03. The Morgan fingerprint density at radius 2 is 1.94 bits per heavy atom. The van der Waals surface area contributed by atoms with Crippen LogP contribution in [0.25, 0.3) is 0 Å². The van der Waals surface area contributed by atoms with Crippen molar-refractivity contribution in [3.05, 3.63) is 23.8 Å². The van der Waals surface area contributed by atoms with Gasteiger partial charge in [0.05, 0.1) is 19.0 Å². The predicted octanol–water partition coefficient (Wildman–Crippen LogP) is -0.314. The quantitative estimate of drug-likeness (QED) is 0.460. The molecule has 4 rings (SSSR count). The summed E-state index contributed by atoms with van der Waals surface area (Å²) in [6.45, 7) is 1.56. The third-order valence-corrected chi connectivity index (χ3v) is 6.03. The van der Waals surface area contributed by atoms with Crippen LogP contribution in [0.2, 0.25) is 0 Å². The lowest BCUT2D eigenvalue weighted by molar-refractivity contribution is -0.155. The Morgan fingerprint density at radius 3 is 2.69 bits per heavy atom. The lowest BCUT2D eigenvalue weighted by Gasteiger charge is -2.43. The number of ether oxygens (including phenoxy) is 2. The average molecular weight is 501 g/mol. The maximum absolute atomic E-state index is 13.4. The number of fused-ring (bicyclic) bond motifs is 2. The van der Waals surface area contributed by atoms with Gasteiger partial charge in [0.15, 0.2) is 11.5 Å². The van der Waals surface area contributed by atoms with E-state index in [0.29, 0.717) is 29.8 Å². The van der Waals surface area contributed by atoms with Crippen molar-refractivity contribution in [3.8, 4) is 11.5 Å². The summed E-state index contributed by atoms with van der Waals surface area (Å²) in [5.74, 6) is -0.710.